The van der Waals surface area contributed by atoms with Gasteiger partial charge >= 0.3 is 0 Å². The predicted octanol–water partition coefficient (Wildman–Crippen LogP) is 2.08. The average molecular weight is 237 g/mol. The van der Waals surface area contributed by atoms with Crippen LogP contribution in [0.3, 0.4) is 0 Å². The minimum Gasteiger partial charge on any atom is -0.398 e. The third kappa shape index (κ3) is 4.31. The van der Waals surface area contributed by atoms with Gasteiger partial charge in [-0.1, -0.05) is 36.4 Å². The van der Waals surface area contributed by atoms with Gasteiger partial charge in [-0.25, -0.2) is 8.42 Å². The van der Waals surface area contributed by atoms with Crippen LogP contribution in [0.2, 0.25) is 0 Å². The summed E-state index contributed by atoms with van der Waals surface area (Å²) in [6.45, 7) is 0. The lowest BCUT2D eigenvalue weighted by Gasteiger charge is -1.98. The van der Waals surface area contributed by atoms with Crippen LogP contribution in [-0.2, 0) is 9.84 Å². The first kappa shape index (κ1) is 12.5. The number of benzene rings is 2. The minimum atomic E-state index is -2.67. The van der Waals surface area contributed by atoms with Gasteiger partial charge in [0.25, 0.3) is 0 Å². The van der Waals surface area contributed by atoms with Crippen molar-refractivity contribution < 1.29 is 8.42 Å². The Balaban J connectivity index is 0.000000221. The van der Waals surface area contributed by atoms with Crippen molar-refractivity contribution in [3.8, 4) is 0 Å². The number of nitrogens with two attached hydrogens (primary N) is 1. The summed E-state index contributed by atoms with van der Waals surface area (Å²) in [5.41, 5.74) is 6.61. The average Bonchev–Trinajstić information content (AvgIpc) is 2.16. The molecule has 0 atom stereocenters. The maximum absolute atomic E-state index is 9.63. The normalized spacial score (nSPS) is 10.6. The molecule has 0 radical (unpaired) electrons. The van der Waals surface area contributed by atoms with Gasteiger partial charge in [-0.15, -0.1) is 0 Å². The van der Waals surface area contributed by atoms with Gasteiger partial charge in [-0.3, -0.25) is 0 Å². The molecule has 0 fully saturated rings. The number of nitrogen functional groups attached to an aromatic ring is 1. The lowest BCUT2D eigenvalue weighted by atomic mass is 10.1. The van der Waals surface area contributed by atoms with Crippen molar-refractivity contribution >= 4 is 26.3 Å². The molecule has 0 aliphatic heterocycles. The first-order valence-electron chi connectivity index (χ1n) is 4.76. The van der Waals surface area contributed by atoms with E-state index in [0.717, 1.165) is 23.6 Å². The Morgan fingerprint density at radius 1 is 0.938 bits per heavy atom. The third-order valence-corrected chi connectivity index (χ3v) is 1.82. The van der Waals surface area contributed by atoms with Gasteiger partial charge in [0.2, 0.25) is 0 Å². The number of sulfone groups is 1. The zero-order valence-electron chi connectivity index (χ0n) is 9.34. The van der Waals surface area contributed by atoms with E-state index in [-0.39, 0.29) is 0 Å². The maximum atomic E-state index is 9.63. The summed E-state index contributed by atoms with van der Waals surface area (Å²) in [5.74, 6) is 0. The van der Waals surface area contributed by atoms with Gasteiger partial charge < -0.3 is 5.73 Å². The molecular formula is C12H15NO2S. The fourth-order valence-corrected chi connectivity index (χ4v) is 1.25. The van der Waals surface area contributed by atoms with E-state index in [1.54, 1.807) is 0 Å². The largest absolute Gasteiger partial charge is 0.398 e. The Morgan fingerprint density at radius 3 is 2.00 bits per heavy atom. The molecule has 0 amide bonds. The number of rotatable bonds is 0. The molecule has 16 heavy (non-hydrogen) atoms. The van der Waals surface area contributed by atoms with E-state index in [1.165, 1.54) is 5.39 Å². The molecule has 2 aromatic rings. The van der Waals surface area contributed by atoms with Gasteiger partial charge in [0.05, 0.1) is 0 Å². The molecule has 2 rings (SSSR count). The molecule has 0 bridgehead atoms. The fraction of sp³-hybridized carbons (Fsp3) is 0.167. The van der Waals surface area contributed by atoms with Gasteiger partial charge in [0.15, 0.2) is 0 Å². The first-order chi connectivity index (χ1) is 7.38. The van der Waals surface area contributed by atoms with Crippen LogP contribution in [0.5, 0.6) is 0 Å². The van der Waals surface area contributed by atoms with E-state index in [9.17, 15) is 8.42 Å². The van der Waals surface area contributed by atoms with Crippen LogP contribution in [0.4, 0.5) is 5.69 Å². The van der Waals surface area contributed by atoms with E-state index < -0.39 is 9.84 Å². The molecular weight excluding hydrogens is 222 g/mol. The zero-order valence-corrected chi connectivity index (χ0v) is 10.2. The van der Waals surface area contributed by atoms with Crippen LogP contribution in [0.15, 0.2) is 42.5 Å². The van der Waals surface area contributed by atoms with Crippen molar-refractivity contribution in [3.63, 3.8) is 0 Å². The molecule has 2 N–H and O–H groups in total. The van der Waals surface area contributed by atoms with Crippen LogP contribution < -0.4 is 5.73 Å². The lowest BCUT2D eigenvalue weighted by Crippen LogP contribution is -1.86. The minimum absolute atomic E-state index is 0.850. The van der Waals surface area contributed by atoms with E-state index in [0.29, 0.717) is 0 Å². The number of fused-ring (bicyclic) bond motifs is 1. The Kier molecular flexibility index (Phi) is 3.90. The van der Waals surface area contributed by atoms with Crippen LogP contribution in [0.25, 0.3) is 10.8 Å². The molecule has 0 aromatic heterocycles. The van der Waals surface area contributed by atoms with E-state index >= 15 is 0 Å². The lowest BCUT2D eigenvalue weighted by molar-refractivity contribution is 0.607. The molecule has 2 aromatic carbocycles. The SMILES string of the molecule is CS(C)(=O)=O.Nc1cccc2ccccc12. The quantitative estimate of drug-likeness (QED) is 0.714. The van der Waals surface area contributed by atoms with Crippen molar-refractivity contribution in [2.75, 3.05) is 18.2 Å². The van der Waals surface area contributed by atoms with Gasteiger partial charge in [0.1, 0.15) is 9.84 Å². The fourth-order valence-electron chi connectivity index (χ4n) is 1.25. The Bertz CT molecular complexity index is 563. The molecule has 4 heteroatoms. The molecule has 0 saturated carbocycles. The molecule has 0 spiro atoms. The molecule has 0 saturated heterocycles. The molecule has 86 valence electrons. The Morgan fingerprint density at radius 2 is 1.44 bits per heavy atom. The Labute approximate surface area is 95.8 Å². The van der Waals surface area contributed by atoms with Gasteiger partial charge in [-0.05, 0) is 11.5 Å². The summed E-state index contributed by atoms with van der Waals surface area (Å²) < 4.78 is 19.3. The highest BCUT2D eigenvalue weighted by Crippen LogP contribution is 2.19. The molecule has 0 unspecified atom stereocenters. The molecule has 0 aliphatic rings. The summed E-state index contributed by atoms with van der Waals surface area (Å²) in [5, 5.41) is 2.34. The van der Waals surface area contributed by atoms with Crippen molar-refractivity contribution in [3.05, 3.63) is 42.5 Å². The highest BCUT2D eigenvalue weighted by atomic mass is 32.2. The Hall–Kier alpha value is -1.55. The second kappa shape index (κ2) is 4.99. The maximum Gasteiger partial charge on any atom is 0.144 e. The third-order valence-electron chi connectivity index (χ3n) is 1.82. The first-order valence-corrected chi connectivity index (χ1v) is 7.06. The predicted molar refractivity (Wildman–Crippen MR) is 69.1 cm³/mol. The van der Waals surface area contributed by atoms with Crippen LogP contribution >= 0.6 is 0 Å². The summed E-state index contributed by atoms with van der Waals surface area (Å²) in [4.78, 5) is 0. The van der Waals surface area contributed by atoms with Crippen molar-refractivity contribution in [1.29, 1.82) is 0 Å². The van der Waals surface area contributed by atoms with E-state index in [2.05, 4.69) is 12.1 Å². The second-order valence-corrected chi connectivity index (χ2v) is 6.00. The molecule has 0 aliphatic carbocycles. The standard InChI is InChI=1S/C10H9N.C2H6O2S/c11-10-7-3-5-8-4-1-2-6-9(8)10;1-5(2,3)4/h1-7H,11H2;1-2H3. The number of hydrogen-bond donors (Lipinski definition) is 1. The zero-order chi connectivity index (χ0) is 12.2. The monoisotopic (exact) mass is 237 g/mol. The summed E-state index contributed by atoms with van der Waals surface area (Å²) in [6.07, 6.45) is 2.32. The van der Waals surface area contributed by atoms with Crippen LogP contribution in [-0.4, -0.2) is 20.9 Å². The number of anilines is 1. The summed E-state index contributed by atoms with van der Waals surface area (Å²) in [7, 11) is -2.67. The smallest absolute Gasteiger partial charge is 0.144 e. The van der Waals surface area contributed by atoms with Crippen LogP contribution in [0.1, 0.15) is 0 Å². The molecule has 3 nitrogen and oxygen atoms in total. The van der Waals surface area contributed by atoms with Gasteiger partial charge in [0, 0.05) is 23.6 Å². The second-order valence-electron chi connectivity index (χ2n) is 3.71. The van der Waals surface area contributed by atoms with Crippen LogP contribution in [0, 0.1) is 0 Å². The summed E-state index contributed by atoms with van der Waals surface area (Å²) in [6, 6.07) is 14.1. The van der Waals surface area contributed by atoms with Crippen molar-refractivity contribution in [1.82, 2.24) is 0 Å². The summed E-state index contributed by atoms with van der Waals surface area (Å²) >= 11 is 0. The van der Waals surface area contributed by atoms with Crippen molar-refractivity contribution in [2.24, 2.45) is 0 Å². The molecule has 0 heterocycles. The van der Waals surface area contributed by atoms with E-state index in [1.807, 2.05) is 30.3 Å². The number of hydrogen-bond acceptors (Lipinski definition) is 3. The topological polar surface area (TPSA) is 60.2 Å². The highest BCUT2D eigenvalue weighted by molar-refractivity contribution is 7.89. The van der Waals surface area contributed by atoms with E-state index in [4.69, 9.17) is 5.73 Å². The highest BCUT2D eigenvalue weighted by Gasteiger charge is 1.92. The van der Waals surface area contributed by atoms with Gasteiger partial charge in [-0.2, -0.15) is 0 Å². The van der Waals surface area contributed by atoms with Crippen molar-refractivity contribution in [2.45, 2.75) is 0 Å².